The summed E-state index contributed by atoms with van der Waals surface area (Å²) in [6, 6.07) is 7.27. The van der Waals surface area contributed by atoms with Gasteiger partial charge in [-0.2, -0.15) is 0 Å². The number of hydrogen-bond donors (Lipinski definition) is 1. The van der Waals surface area contributed by atoms with Crippen LogP contribution >= 0.6 is 0 Å². The molecular formula is C27H40N2O6. The highest BCUT2D eigenvalue weighted by atomic mass is 16.8. The number of nitrogens with one attached hydrogen (secondary N) is 1. The highest BCUT2D eigenvalue weighted by Crippen LogP contribution is 2.36. The van der Waals surface area contributed by atoms with E-state index in [1.165, 1.54) is 0 Å². The first-order valence-corrected chi connectivity index (χ1v) is 12.7. The molecule has 0 aliphatic carbocycles. The van der Waals surface area contributed by atoms with Gasteiger partial charge in [0, 0.05) is 43.5 Å². The molecule has 2 aliphatic rings. The second-order valence-electron chi connectivity index (χ2n) is 11.0. The zero-order valence-corrected chi connectivity index (χ0v) is 21.7. The Morgan fingerprint density at radius 1 is 1.14 bits per heavy atom. The second kappa shape index (κ2) is 11.5. The van der Waals surface area contributed by atoms with Crippen molar-refractivity contribution in [3.63, 3.8) is 0 Å². The van der Waals surface area contributed by atoms with Gasteiger partial charge in [0.1, 0.15) is 11.4 Å². The summed E-state index contributed by atoms with van der Waals surface area (Å²) in [5, 5.41) is 0. The van der Waals surface area contributed by atoms with E-state index in [1.807, 2.05) is 46.8 Å². The predicted molar refractivity (Wildman–Crippen MR) is 132 cm³/mol. The molecular weight excluding hydrogens is 448 g/mol. The first kappa shape index (κ1) is 27.1. The number of ether oxygens (including phenoxy) is 2. The summed E-state index contributed by atoms with van der Waals surface area (Å²) in [6.45, 7) is 11.3. The molecule has 2 amide bonds. The highest BCUT2D eigenvalue weighted by molar-refractivity contribution is 5.93. The second-order valence-corrected chi connectivity index (χ2v) is 11.0. The Morgan fingerprint density at radius 3 is 2.37 bits per heavy atom. The molecule has 1 unspecified atom stereocenters. The SMILES string of the molecule is C[C@@H](CC(=O)C1(C)CCN(C(=O)OC(C)(C)C)CC1)c1ccc(C(=O)NOC2CCCCO2)cc1. The van der Waals surface area contributed by atoms with Gasteiger partial charge in [0.2, 0.25) is 0 Å². The molecule has 35 heavy (non-hydrogen) atoms. The van der Waals surface area contributed by atoms with Crippen LogP contribution in [0.2, 0.25) is 0 Å². The van der Waals surface area contributed by atoms with E-state index in [0.29, 0.717) is 44.5 Å². The van der Waals surface area contributed by atoms with Gasteiger partial charge in [0.15, 0.2) is 6.29 Å². The monoisotopic (exact) mass is 488 g/mol. The Morgan fingerprint density at radius 2 is 1.80 bits per heavy atom. The van der Waals surface area contributed by atoms with E-state index in [2.05, 4.69) is 5.48 Å². The van der Waals surface area contributed by atoms with Crippen LogP contribution in [0.3, 0.4) is 0 Å². The van der Waals surface area contributed by atoms with Crippen molar-refractivity contribution in [1.82, 2.24) is 10.4 Å². The summed E-state index contributed by atoms with van der Waals surface area (Å²) in [4.78, 5) is 44.9. The van der Waals surface area contributed by atoms with Gasteiger partial charge in [-0.25, -0.2) is 15.1 Å². The predicted octanol–water partition coefficient (Wildman–Crippen LogP) is 4.97. The summed E-state index contributed by atoms with van der Waals surface area (Å²) in [5.74, 6) is -0.0949. The third-order valence-corrected chi connectivity index (χ3v) is 6.85. The number of piperidine rings is 1. The smallest absolute Gasteiger partial charge is 0.410 e. The maximum atomic E-state index is 13.2. The molecule has 2 saturated heterocycles. The van der Waals surface area contributed by atoms with E-state index in [4.69, 9.17) is 14.3 Å². The van der Waals surface area contributed by atoms with Crippen molar-refractivity contribution in [2.24, 2.45) is 5.41 Å². The van der Waals surface area contributed by atoms with Crippen LogP contribution in [0.5, 0.6) is 0 Å². The number of nitrogens with zero attached hydrogens (tertiary/aromatic N) is 1. The van der Waals surface area contributed by atoms with Gasteiger partial charge in [-0.1, -0.05) is 26.0 Å². The lowest BCUT2D eigenvalue weighted by Gasteiger charge is -2.39. The summed E-state index contributed by atoms with van der Waals surface area (Å²) >= 11 is 0. The average molecular weight is 489 g/mol. The summed E-state index contributed by atoms with van der Waals surface area (Å²) in [5.41, 5.74) is 2.97. The molecule has 0 spiro atoms. The number of amides is 2. The lowest BCUT2D eigenvalue weighted by molar-refractivity contribution is -0.186. The average Bonchev–Trinajstić information content (AvgIpc) is 2.82. The highest BCUT2D eigenvalue weighted by Gasteiger charge is 2.39. The molecule has 2 atom stereocenters. The molecule has 3 rings (SSSR count). The molecule has 8 nitrogen and oxygen atoms in total. The van der Waals surface area contributed by atoms with Crippen LogP contribution in [-0.2, 0) is 19.1 Å². The van der Waals surface area contributed by atoms with Crippen LogP contribution in [0.4, 0.5) is 4.79 Å². The van der Waals surface area contributed by atoms with Gasteiger partial charge in [-0.05, 0) is 70.1 Å². The standard InChI is InChI=1S/C27H40N2O6/c1-19(18-22(30)27(5)13-15-29(16-14-27)25(32)34-26(2,3)4)20-9-11-21(12-10-20)24(31)28-35-23-8-6-7-17-33-23/h9-12,19,23H,6-8,13-18H2,1-5H3,(H,28,31)/t19-,23?/m0/s1. The van der Waals surface area contributed by atoms with E-state index in [9.17, 15) is 14.4 Å². The van der Waals surface area contributed by atoms with Crippen molar-refractivity contribution in [2.75, 3.05) is 19.7 Å². The van der Waals surface area contributed by atoms with Gasteiger partial charge in [-0.15, -0.1) is 0 Å². The Bertz CT molecular complexity index is 878. The maximum Gasteiger partial charge on any atom is 0.410 e. The van der Waals surface area contributed by atoms with Crippen molar-refractivity contribution in [1.29, 1.82) is 0 Å². The lowest BCUT2D eigenvalue weighted by Crippen LogP contribution is -2.46. The fourth-order valence-corrected chi connectivity index (χ4v) is 4.38. The van der Waals surface area contributed by atoms with Gasteiger partial charge >= 0.3 is 6.09 Å². The summed E-state index contributed by atoms with van der Waals surface area (Å²) < 4.78 is 10.9. The van der Waals surface area contributed by atoms with Gasteiger partial charge < -0.3 is 14.4 Å². The minimum atomic E-state index is -0.532. The van der Waals surface area contributed by atoms with Crippen molar-refractivity contribution >= 4 is 17.8 Å². The molecule has 1 N–H and O–H groups in total. The molecule has 2 heterocycles. The molecule has 0 aromatic heterocycles. The van der Waals surface area contributed by atoms with E-state index in [0.717, 1.165) is 24.8 Å². The van der Waals surface area contributed by atoms with E-state index in [-0.39, 0.29) is 23.7 Å². The van der Waals surface area contributed by atoms with Crippen LogP contribution in [0.15, 0.2) is 24.3 Å². The molecule has 8 heteroatoms. The molecule has 0 saturated carbocycles. The number of carbonyl (C=O) groups excluding carboxylic acids is 3. The van der Waals surface area contributed by atoms with Gasteiger partial charge in [0.05, 0.1) is 0 Å². The quantitative estimate of drug-likeness (QED) is 0.545. The number of hydrogen-bond acceptors (Lipinski definition) is 6. The summed E-state index contributed by atoms with van der Waals surface area (Å²) in [7, 11) is 0. The van der Waals surface area contributed by atoms with Crippen LogP contribution in [-0.4, -0.2) is 54.3 Å². The molecule has 1 aromatic rings. The molecule has 2 aliphatic heterocycles. The molecule has 194 valence electrons. The van der Waals surface area contributed by atoms with Crippen molar-refractivity contribution in [3.05, 3.63) is 35.4 Å². The van der Waals surface area contributed by atoms with Crippen molar-refractivity contribution < 1.29 is 28.7 Å². The lowest BCUT2D eigenvalue weighted by atomic mass is 9.73. The number of Topliss-reactive ketones (excluding diaryl/α,β-unsaturated/α-hetero) is 1. The summed E-state index contributed by atoms with van der Waals surface area (Å²) in [6.07, 6.45) is 3.76. The fourth-order valence-electron chi connectivity index (χ4n) is 4.38. The first-order chi connectivity index (χ1) is 16.5. The zero-order chi connectivity index (χ0) is 25.6. The fraction of sp³-hybridized carbons (Fsp3) is 0.667. The van der Waals surface area contributed by atoms with Crippen LogP contribution in [0, 0.1) is 5.41 Å². The first-order valence-electron chi connectivity index (χ1n) is 12.7. The molecule has 0 bridgehead atoms. The Balaban J connectivity index is 1.48. The number of likely N-dealkylation sites (tertiary alicyclic amines) is 1. The van der Waals surface area contributed by atoms with E-state index in [1.54, 1.807) is 17.0 Å². The van der Waals surface area contributed by atoms with E-state index >= 15 is 0 Å². The van der Waals surface area contributed by atoms with Gasteiger partial charge in [0.25, 0.3) is 5.91 Å². The van der Waals surface area contributed by atoms with E-state index < -0.39 is 17.3 Å². The van der Waals surface area contributed by atoms with Crippen LogP contribution in [0.25, 0.3) is 0 Å². The number of rotatable bonds is 7. The number of ketones is 1. The third-order valence-electron chi connectivity index (χ3n) is 6.85. The number of benzene rings is 1. The minimum Gasteiger partial charge on any atom is -0.444 e. The molecule has 1 aromatic carbocycles. The number of hydroxylamine groups is 1. The van der Waals surface area contributed by atoms with Crippen molar-refractivity contribution in [3.8, 4) is 0 Å². The topological polar surface area (TPSA) is 94.2 Å². The third kappa shape index (κ3) is 7.77. The normalized spacial score (nSPS) is 21.2. The molecule has 0 radical (unpaired) electrons. The van der Waals surface area contributed by atoms with Gasteiger partial charge in [-0.3, -0.25) is 9.59 Å². The Labute approximate surface area is 208 Å². The zero-order valence-electron chi connectivity index (χ0n) is 21.7. The Kier molecular flexibility index (Phi) is 8.94. The van der Waals surface area contributed by atoms with Crippen molar-refractivity contribution in [2.45, 2.75) is 91.0 Å². The maximum absolute atomic E-state index is 13.2. The minimum absolute atomic E-state index is 0.0206. The van der Waals surface area contributed by atoms with Crippen LogP contribution < -0.4 is 5.48 Å². The molecule has 2 fully saturated rings. The Hall–Kier alpha value is -2.45. The van der Waals surface area contributed by atoms with Crippen LogP contribution in [0.1, 0.15) is 95.0 Å². The number of carbonyl (C=O) groups is 3. The largest absolute Gasteiger partial charge is 0.444 e.